The summed E-state index contributed by atoms with van der Waals surface area (Å²) in [6.45, 7) is 1.35. The predicted octanol–water partition coefficient (Wildman–Crippen LogP) is 4.59. The molecule has 0 amide bonds. The van der Waals surface area contributed by atoms with E-state index in [1.165, 1.54) is 54.1 Å². The largest absolute Gasteiger partial charge is 0.293 e. The average Bonchev–Trinajstić information content (AvgIpc) is 3.14. The summed E-state index contributed by atoms with van der Waals surface area (Å²) in [4.78, 5) is 22.6. The Morgan fingerprint density at radius 2 is 1.72 bits per heavy atom. The lowest BCUT2D eigenvalue weighted by molar-refractivity contribution is -0.384. The zero-order valence-electron chi connectivity index (χ0n) is 16.5. The standard InChI is InChI=1S/C21H15ClN4O5S/c1-13(27)21-19-11-8-17(26(28)29)12-20(19)25(23-21)16-6-9-18(10-7-16)32(30,31)24-15-4-2-14(22)3-5-15/h2-12,24H,1H3. The second-order valence-electron chi connectivity index (χ2n) is 6.88. The Morgan fingerprint density at radius 1 is 1.06 bits per heavy atom. The van der Waals surface area contributed by atoms with Gasteiger partial charge in [0.2, 0.25) is 0 Å². The highest BCUT2D eigenvalue weighted by Gasteiger charge is 2.19. The highest BCUT2D eigenvalue weighted by atomic mass is 35.5. The van der Waals surface area contributed by atoms with E-state index in [9.17, 15) is 23.3 Å². The maximum atomic E-state index is 12.7. The Balaban J connectivity index is 1.73. The maximum absolute atomic E-state index is 12.7. The molecule has 0 spiro atoms. The molecule has 0 atom stereocenters. The SMILES string of the molecule is CC(=O)c1nn(-c2ccc(S(=O)(=O)Nc3ccc(Cl)cc3)cc2)c2cc([N+](=O)[O-])ccc12. The molecule has 11 heteroatoms. The van der Waals surface area contributed by atoms with Gasteiger partial charge in [-0.3, -0.25) is 19.6 Å². The van der Waals surface area contributed by atoms with E-state index in [1.807, 2.05) is 0 Å². The normalized spacial score (nSPS) is 11.4. The van der Waals surface area contributed by atoms with Crippen LogP contribution in [0.1, 0.15) is 17.4 Å². The van der Waals surface area contributed by atoms with Crippen molar-refractivity contribution in [3.05, 3.63) is 87.6 Å². The minimum atomic E-state index is -3.86. The van der Waals surface area contributed by atoms with E-state index in [-0.39, 0.29) is 22.1 Å². The van der Waals surface area contributed by atoms with Crippen molar-refractivity contribution in [2.24, 2.45) is 0 Å². The van der Waals surface area contributed by atoms with Gasteiger partial charge in [-0.05, 0) is 54.6 Å². The number of Topliss-reactive ketones (excluding diaryl/α,β-unsaturated/α-hetero) is 1. The molecule has 162 valence electrons. The molecule has 0 aliphatic heterocycles. The monoisotopic (exact) mass is 470 g/mol. The molecule has 1 aromatic heterocycles. The summed E-state index contributed by atoms with van der Waals surface area (Å²) in [7, 11) is -3.86. The van der Waals surface area contributed by atoms with Crippen molar-refractivity contribution in [2.45, 2.75) is 11.8 Å². The molecule has 0 fully saturated rings. The fourth-order valence-corrected chi connectivity index (χ4v) is 4.36. The third-order valence-electron chi connectivity index (χ3n) is 4.70. The molecule has 4 aromatic rings. The summed E-state index contributed by atoms with van der Waals surface area (Å²) >= 11 is 5.82. The van der Waals surface area contributed by atoms with Gasteiger partial charge in [0.05, 0.1) is 21.0 Å². The van der Waals surface area contributed by atoms with Crippen LogP contribution in [0.3, 0.4) is 0 Å². The van der Waals surface area contributed by atoms with Crippen molar-refractivity contribution in [1.29, 1.82) is 0 Å². The summed E-state index contributed by atoms with van der Waals surface area (Å²) in [6.07, 6.45) is 0. The molecule has 0 aliphatic carbocycles. The number of ketones is 1. The van der Waals surface area contributed by atoms with Crippen LogP contribution < -0.4 is 4.72 Å². The van der Waals surface area contributed by atoms with Crippen molar-refractivity contribution < 1.29 is 18.1 Å². The number of aromatic nitrogens is 2. The smallest absolute Gasteiger partial charge is 0.271 e. The van der Waals surface area contributed by atoms with Crippen LogP contribution >= 0.6 is 11.6 Å². The first kappa shape index (κ1) is 21.5. The molecule has 0 aliphatic rings. The van der Waals surface area contributed by atoms with Crippen LogP contribution in [-0.4, -0.2) is 28.9 Å². The van der Waals surface area contributed by atoms with Crippen LogP contribution in [0.2, 0.25) is 5.02 Å². The van der Waals surface area contributed by atoms with E-state index in [4.69, 9.17) is 11.6 Å². The fraction of sp³-hybridized carbons (Fsp3) is 0.0476. The van der Waals surface area contributed by atoms with Crippen LogP contribution in [0.5, 0.6) is 0 Å². The Hall–Kier alpha value is -3.76. The number of nitro benzene ring substituents is 1. The summed E-state index contributed by atoms with van der Waals surface area (Å²) in [5.41, 5.74) is 1.17. The Morgan fingerprint density at radius 3 is 2.31 bits per heavy atom. The Labute approximate surface area is 187 Å². The molecule has 0 saturated heterocycles. The zero-order valence-corrected chi connectivity index (χ0v) is 18.1. The molecule has 1 N–H and O–H groups in total. The third-order valence-corrected chi connectivity index (χ3v) is 6.35. The van der Waals surface area contributed by atoms with E-state index >= 15 is 0 Å². The quantitative estimate of drug-likeness (QED) is 0.249. The Kier molecular flexibility index (Phi) is 5.41. The minimum absolute atomic E-state index is 0.00503. The number of carbonyl (C=O) groups excluding carboxylic acids is 1. The van der Waals surface area contributed by atoms with E-state index in [2.05, 4.69) is 9.82 Å². The summed E-state index contributed by atoms with van der Waals surface area (Å²) < 4.78 is 29.2. The number of benzene rings is 3. The second kappa shape index (κ2) is 8.06. The van der Waals surface area contributed by atoms with Crippen LogP contribution in [-0.2, 0) is 10.0 Å². The van der Waals surface area contributed by atoms with Crippen LogP contribution in [0, 0.1) is 10.1 Å². The van der Waals surface area contributed by atoms with E-state index < -0.39 is 14.9 Å². The van der Waals surface area contributed by atoms with Gasteiger partial charge < -0.3 is 0 Å². The molecule has 9 nitrogen and oxygen atoms in total. The number of sulfonamides is 1. The van der Waals surface area contributed by atoms with Gasteiger partial charge in [-0.15, -0.1) is 0 Å². The Bertz CT molecular complexity index is 1460. The molecule has 0 saturated carbocycles. The lowest BCUT2D eigenvalue weighted by Gasteiger charge is -2.09. The molecule has 0 radical (unpaired) electrons. The third kappa shape index (κ3) is 4.05. The minimum Gasteiger partial charge on any atom is -0.293 e. The van der Waals surface area contributed by atoms with Gasteiger partial charge >= 0.3 is 0 Å². The fourth-order valence-electron chi connectivity index (χ4n) is 3.17. The van der Waals surface area contributed by atoms with E-state index in [1.54, 1.807) is 24.3 Å². The van der Waals surface area contributed by atoms with Crippen molar-refractivity contribution in [1.82, 2.24) is 9.78 Å². The molecule has 4 rings (SSSR count). The maximum Gasteiger partial charge on any atom is 0.271 e. The van der Waals surface area contributed by atoms with Gasteiger partial charge in [0.1, 0.15) is 5.69 Å². The average molecular weight is 471 g/mol. The van der Waals surface area contributed by atoms with E-state index in [0.717, 1.165) is 0 Å². The number of carbonyl (C=O) groups is 1. The molecular weight excluding hydrogens is 456 g/mol. The second-order valence-corrected chi connectivity index (χ2v) is 9.00. The lowest BCUT2D eigenvalue weighted by Crippen LogP contribution is -2.13. The number of nitrogens with one attached hydrogen (secondary N) is 1. The molecule has 0 unspecified atom stereocenters. The van der Waals surface area contributed by atoms with Crippen molar-refractivity contribution in [3.8, 4) is 5.69 Å². The van der Waals surface area contributed by atoms with Gasteiger partial charge in [-0.25, -0.2) is 13.1 Å². The lowest BCUT2D eigenvalue weighted by atomic mass is 10.1. The number of hydrogen-bond acceptors (Lipinski definition) is 6. The molecule has 3 aromatic carbocycles. The number of anilines is 1. The van der Waals surface area contributed by atoms with Gasteiger partial charge in [0, 0.05) is 35.2 Å². The first-order valence-electron chi connectivity index (χ1n) is 9.23. The molecular formula is C21H15ClN4O5S. The highest BCUT2D eigenvalue weighted by molar-refractivity contribution is 7.92. The highest BCUT2D eigenvalue weighted by Crippen LogP contribution is 2.27. The first-order chi connectivity index (χ1) is 15.2. The summed E-state index contributed by atoms with van der Waals surface area (Å²) in [6, 6.07) is 16.1. The zero-order chi connectivity index (χ0) is 23.0. The molecule has 1 heterocycles. The number of hydrogen-bond donors (Lipinski definition) is 1. The number of rotatable bonds is 6. The van der Waals surface area contributed by atoms with Crippen LogP contribution in [0.15, 0.2) is 71.6 Å². The van der Waals surface area contributed by atoms with Crippen molar-refractivity contribution in [2.75, 3.05) is 4.72 Å². The van der Waals surface area contributed by atoms with Crippen LogP contribution in [0.25, 0.3) is 16.6 Å². The van der Waals surface area contributed by atoms with Crippen molar-refractivity contribution >= 4 is 49.7 Å². The van der Waals surface area contributed by atoms with Crippen LogP contribution in [0.4, 0.5) is 11.4 Å². The first-order valence-corrected chi connectivity index (χ1v) is 11.1. The predicted molar refractivity (Wildman–Crippen MR) is 120 cm³/mol. The number of nitrogens with zero attached hydrogens (tertiary/aromatic N) is 3. The number of fused-ring (bicyclic) bond motifs is 1. The van der Waals surface area contributed by atoms with Gasteiger partial charge in [-0.2, -0.15) is 5.10 Å². The number of halogens is 1. The number of nitro groups is 1. The van der Waals surface area contributed by atoms with Gasteiger partial charge in [-0.1, -0.05) is 11.6 Å². The van der Waals surface area contributed by atoms with Crippen molar-refractivity contribution in [3.63, 3.8) is 0 Å². The van der Waals surface area contributed by atoms with Gasteiger partial charge in [0.25, 0.3) is 15.7 Å². The molecule has 32 heavy (non-hydrogen) atoms. The summed E-state index contributed by atoms with van der Waals surface area (Å²) in [5, 5.41) is 16.4. The summed E-state index contributed by atoms with van der Waals surface area (Å²) in [5.74, 6) is -0.297. The molecule has 0 bridgehead atoms. The topological polar surface area (TPSA) is 124 Å². The number of non-ortho nitro benzene ring substituents is 1. The van der Waals surface area contributed by atoms with Gasteiger partial charge in [0.15, 0.2) is 5.78 Å². The van der Waals surface area contributed by atoms with E-state index in [0.29, 0.717) is 27.3 Å².